The fourth-order valence-electron chi connectivity index (χ4n) is 2.10. The highest BCUT2D eigenvalue weighted by Crippen LogP contribution is 2.31. The highest BCUT2D eigenvalue weighted by atomic mass is 79.9. The van der Waals surface area contributed by atoms with Gasteiger partial charge in [0.15, 0.2) is 0 Å². The quantitative estimate of drug-likeness (QED) is 0.785. The summed E-state index contributed by atoms with van der Waals surface area (Å²) < 4.78 is 33.7. The molecular formula is C16H16BrF2NO. The monoisotopic (exact) mass is 355 g/mol. The molecule has 1 unspecified atom stereocenters. The number of benzene rings is 2. The minimum absolute atomic E-state index is 0.142. The third kappa shape index (κ3) is 3.73. The summed E-state index contributed by atoms with van der Waals surface area (Å²) >= 11 is 3.06. The summed E-state index contributed by atoms with van der Waals surface area (Å²) in [5.74, 6) is -0.567. The Morgan fingerprint density at radius 1 is 1.19 bits per heavy atom. The Hall–Kier alpha value is -1.62. The van der Waals surface area contributed by atoms with Crippen molar-refractivity contribution in [1.29, 1.82) is 0 Å². The minimum Gasteiger partial charge on any atom is -0.494 e. The second-order valence-corrected chi connectivity index (χ2v) is 5.50. The molecule has 0 saturated carbocycles. The molecule has 2 aromatic carbocycles. The second-order valence-electron chi connectivity index (χ2n) is 4.58. The lowest BCUT2D eigenvalue weighted by molar-refractivity contribution is 0.335. The van der Waals surface area contributed by atoms with Crippen LogP contribution in [0.4, 0.5) is 14.5 Å². The molecule has 112 valence electrons. The molecule has 1 N–H and O–H groups in total. The zero-order chi connectivity index (χ0) is 15.4. The fourth-order valence-corrected chi connectivity index (χ4v) is 2.50. The lowest BCUT2D eigenvalue weighted by atomic mass is 10.1. The van der Waals surface area contributed by atoms with Crippen LogP contribution in [0.25, 0.3) is 0 Å². The smallest absolute Gasteiger partial charge is 0.150 e. The number of ether oxygens (including phenoxy) is 1. The molecule has 0 aliphatic carbocycles. The van der Waals surface area contributed by atoms with E-state index in [2.05, 4.69) is 21.2 Å². The first-order valence-electron chi connectivity index (χ1n) is 6.65. The Bertz CT molecular complexity index is 610. The average Bonchev–Trinajstić information content (AvgIpc) is 2.43. The summed E-state index contributed by atoms with van der Waals surface area (Å²) in [6.07, 6.45) is 0. The van der Waals surface area contributed by atoms with Crippen LogP contribution in [0, 0.1) is 11.6 Å². The first-order chi connectivity index (χ1) is 10.0. The molecule has 0 amide bonds. The SMILES string of the molecule is CCOc1ccccc1C(C)Nc1c(F)cc(Br)cc1F. The van der Waals surface area contributed by atoms with E-state index in [1.54, 1.807) is 0 Å². The molecule has 0 bridgehead atoms. The standard InChI is InChI=1S/C16H16BrF2NO/c1-3-21-15-7-5-4-6-12(15)10(2)20-16-13(18)8-11(17)9-14(16)19/h4-10,20H,3H2,1-2H3. The Kier molecular flexibility index (Phi) is 5.17. The Balaban J connectivity index is 2.28. The van der Waals surface area contributed by atoms with Crippen LogP contribution < -0.4 is 10.1 Å². The maximum atomic E-state index is 13.9. The molecule has 2 aromatic rings. The van der Waals surface area contributed by atoms with Crippen LogP contribution in [0.15, 0.2) is 40.9 Å². The molecule has 0 radical (unpaired) electrons. The molecule has 2 nitrogen and oxygen atoms in total. The Morgan fingerprint density at radius 3 is 2.43 bits per heavy atom. The number of rotatable bonds is 5. The van der Waals surface area contributed by atoms with Crippen molar-refractivity contribution < 1.29 is 13.5 Å². The van der Waals surface area contributed by atoms with Crippen molar-refractivity contribution in [2.45, 2.75) is 19.9 Å². The molecule has 0 heterocycles. The van der Waals surface area contributed by atoms with E-state index in [-0.39, 0.29) is 11.7 Å². The van der Waals surface area contributed by atoms with E-state index in [0.717, 1.165) is 5.56 Å². The van der Waals surface area contributed by atoms with Gasteiger partial charge in [0, 0.05) is 10.0 Å². The fraction of sp³-hybridized carbons (Fsp3) is 0.250. The summed E-state index contributed by atoms with van der Waals surface area (Å²) in [5.41, 5.74) is 0.707. The van der Waals surface area contributed by atoms with Gasteiger partial charge in [-0.2, -0.15) is 0 Å². The van der Waals surface area contributed by atoms with Gasteiger partial charge in [0.25, 0.3) is 0 Å². The topological polar surface area (TPSA) is 21.3 Å². The van der Waals surface area contributed by atoms with Crippen molar-refractivity contribution in [3.63, 3.8) is 0 Å². The predicted octanol–water partition coefficient (Wildman–Crippen LogP) is 5.30. The van der Waals surface area contributed by atoms with Gasteiger partial charge in [-0.05, 0) is 32.0 Å². The Labute approximate surface area is 131 Å². The second kappa shape index (κ2) is 6.89. The van der Waals surface area contributed by atoms with Gasteiger partial charge in [-0.3, -0.25) is 0 Å². The van der Waals surface area contributed by atoms with Gasteiger partial charge in [-0.25, -0.2) is 8.78 Å². The normalized spacial score (nSPS) is 12.0. The first-order valence-corrected chi connectivity index (χ1v) is 7.45. The number of hydrogen-bond donors (Lipinski definition) is 1. The van der Waals surface area contributed by atoms with E-state index >= 15 is 0 Å². The lowest BCUT2D eigenvalue weighted by Crippen LogP contribution is -2.11. The molecule has 0 aliphatic heterocycles. The molecule has 0 spiro atoms. The third-order valence-corrected chi connectivity index (χ3v) is 3.51. The largest absolute Gasteiger partial charge is 0.494 e. The molecule has 0 aliphatic rings. The molecule has 5 heteroatoms. The van der Waals surface area contributed by atoms with Crippen molar-refractivity contribution in [2.75, 3.05) is 11.9 Å². The summed E-state index contributed by atoms with van der Waals surface area (Å²) in [4.78, 5) is 0. The molecule has 2 rings (SSSR count). The summed E-state index contributed by atoms with van der Waals surface area (Å²) in [5, 5.41) is 2.87. The summed E-state index contributed by atoms with van der Waals surface area (Å²) in [6, 6.07) is 9.60. The zero-order valence-corrected chi connectivity index (χ0v) is 13.4. The van der Waals surface area contributed by atoms with Crippen LogP contribution >= 0.6 is 15.9 Å². The summed E-state index contributed by atoms with van der Waals surface area (Å²) in [6.45, 7) is 4.26. The maximum absolute atomic E-state index is 13.9. The van der Waals surface area contributed by atoms with E-state index in [0.29, 0.717) is 16.8 Å². The molecule has 0 fully saturated rings. The van der Waals surface area contributed by atoms with Crippen LogP contribution in [-0.4, -0.2) is 6.61 Å². The molecular weight excluding hydrogens is 340 g/mol. The van der Waals surface area contributed by atoms with Gasteiger partial charge in [0.1, 0.15) is 23.1 Å². The van der Waals surface area contributed by atoms with Gasteiger partial charge >= 0.3 is 0 Å². The Morgan fingerprint density at radius 2 is 1.81 bits per heavy atom. The van der Waals surface area contributed by atoms with Crippen LogP contribution in [-0.2, 0) is 0 Å². The minimum atomic E-state index is -0.636. The average molecular weight is 356 g/mol. The first kappa shape index (κ1) is 15.8. The van der Waals surface area contributed by atoms with E-state index in [4.69, 9.17) is 4.74 Å². The molecule has 0 saturated heterocycles. The predicted molar refractivity (Wildman–Crippen MR) is 83.7 cm³/mol. The van der Waals surface area contributed by atoms with Crippen LogP contribution in [0.5, 0.6) is 5.75 Å². The van der Waals surface area contributed by atoms with Gasteiger partial charge in [0.05, 0.1) is 12.6 Å². The van der Waals surface area contributed by atoms with Gasteiger partial charge < -0.3 is 10.1 Å². The molecule has 0 aromatic heterocycles. The van der Waals surface area contributed by atoms with E-state index in [9.17, 15) is 8.78 Å². The van der Waals surface area contributed by atoms with Gasteiger partial charge in [-0.15, -0.1) is 0 Å². The summed E-state index contributed by atoms with van der Waals surface area (Å²) in [7, 11) is 0. The number of nitrogens with one attached hydrogen (secondary N) is 1. The van der Waals surface area contributed by atoms with Crippen molar-refractivity contribution in [1.82, 2.24) is 0 Å². The maximum Gasteiger partial charge on any atom is 0.150 e. The van der Waals surface area contributed by atoms with Crippen LogP contribution in [0.1, 0.15) is 25.5 Å². The van der Waals surface area contributed by atoms with E-state index in [1.165, 1.54) is 12.1 Å². The van der Waals surface area contributed by atoms with E-state index in [1.807, 2.05) is 38.1 Å². The molecule has 21 heavy (non-hydrogen) atoms. The van der Waals surface area contributed by atoms with Crippen LogP contribution in [0.2, 0.25) is 0 Å². The highest BCUT2D eigenvalue weighted by Gasteiger charge is 2.16. The van der Waals surface area contributed by atoms with Gasteiger partial charge in [0.2, 0.25) is 0 Å². The number of anilines is 1. The highest BCUT2D eigenvalue weighted by molar-refractivity contribution is 9.10. The number of halogens is 3. The van der Waals surface area contributed by atoms with Crippen LogP contribution in [0.3, 0.4) is 0 Å². The number of para-hydroxylation sites is 1. The van der Waals surface area contributed by atoms with Crippen molar-refractivity contribution in [2.24, 2.45) is 0 Å². The number of hydrogen-bond acceptors (Lipinski definition) is 2. The van der Waals surface area contributed by atoms with Crippen molar-refractivity contribution >= 4 is 21.6 Å². The van der Waals surface area contributed by atoms with Crippen molar-refractivity contribution in [3.05, 3.63) is 58.1 Å². The lowest BCUT2D eigenvalue weighted by Gasteiger charge is -2.19. The van der Waals surface area contributed by atoms with E-state index < -0.39 is 11.6 Å². The van der Waals surface area contributed by atoms with Gasteiger partial charge in [-0.1, -0.05) is 34.1 Å². The third-order valence-electron chi connectivity index (χ3n) is 3.05. The van der Waals surface area contributed by atoms with Crippen molar-refractivity contribution in [3.8, 4) is 5.75 Å². The molecule has 1 atom stereocenters. The zero-order valence-electron chi connectivity index (χ0n) is 11.8.